The number of phosphoric ester groups is 1. The Balaban J connectivity index is 2.57. The van der Waals surface area contributed by atoms with Gasteiger partial charge in [-0.25, -0.2) is 14.2 Å². The molecule has 1 aromatic rings. The Bertz CT molecular complexity index is 596. The van der Waals surface area contributed by atoms with Gasteiger partial charge in [0.15, 0.2) is 0 Å². The van der Waals surface area contributed by atoms with Gasteiger partial charge in [-0.15, -0.1) is 0 Å². The maximum absolute atomic E-state index is 12.6. The van der Waals surface area contributed by atoms with Gasteiger partial charge in [0.2, 0.25) is 0 Å². The number of hydrogen-bond acceptors (Lipinski definition) is 8. The van der Waals surface area contributed by atoms with Gasteiger partial charge in [-0.05, 0) is 12.1 Å². The average molecular weight is 370 g/mol. The van der Waals surface area contributed by atoms with E-state index in [4.69, 9.17) is 23.0 Å². The van der Waals surface area contributed by atoms with Crippen LogP contribution in [0.2, 0.25) is 0 Å². The minimum Gasteiger partial charge on any atom is -0.460 e. The first-order chi connectivity index (χ1) is 12.0. The topological polar surface area (TPSA) is 97.4 Å². The highest BCUT2D eigenvalue weighted by atomic mass is 31.2. The van der Waals surface area contributed by atoms with Crippen molar-refractivity contribution in [3.8, 4) is 5.75 Å². The Kier molecular flexibility index (Phi) is 9.24. The summed E-state index contributed by atoms with van der Waals surface area (Å²) in [4.78, 5) is 21.9. The molecular formula is C16H19O8P. The van der Waals surface area contributed by atoms with E-state index < -0.39 is 19.8 Å². The van der Waals surface area contributed by atoms with Crippen molar-refractivity contribution >= 4 is 19.8 Å². The van der Waals surface area contributed by atoms with Crippen LogP contribution >= 0.6 is 7.82 Å². The van der Waals surface area contributed by atoms with Crippen molar-refractivity contribution in [3.05, 3.63) is 55.6 Å². The second-order valence-corrected chi connectivity index (χ2v) is 5.85. The first-order valence-electron chi connectivity index (χ1n) is 7.21. The normalized spacial score (nSPS) is 10.6. The lowest BCUT2D eigenvalue weighted by molar-refractivity contribution is -0.139. The Morgan fingerprint density at radius 1 is 0.880 bits per heavy atom. The highest BCUT2D eigenvalue weighted by molar-refractivity contribution is 7.48. The van der Waals surface area contributed by atoms with E-state index in [-0.39, 0.29) is 32.2 Å². The Morgan fingerprint density at radius 3 is 1.80 bits per heavy atom. The van der Waals surface area contributed by atoms with E-state index in [0.717, 1.165) is 12.2 Å². The lowest BCUT2D eigenvalue weighted by atomic mass is 10.3. The summed E-state index contributed by atoms with van der Waals surface area (Å²) < 4.78 is 37.5. The van der Waals surface area contributed by atoms with E-state index in [1.807, 2.05) is 0 Å². The van der Waals surface area contributed by atoms with E-state index in [1.165, 1.54) is 0 Å². The number of phosphoric acid groups is 1. The van der Waals surface area contributed by atoms with Gasteiger partial charge in [-0.3, -0.25) is 9.05 Å². The summed E-state index contributed by atoms with van der Waals surface area (Å²) >= 11 is 0. The van der Waals surface area contributed by atoms with Gasteiger partial charge in [0, 0.05) is 12.2 Å². The van der Waals surface area contributed by atoms with Gasteiger partial charge in [0.1, 0.15) is 19.0 Å². The second kappa shape index (κ2) is 11.2. The van der Waals surface area contributed by atoms with Gasteiger partial charge in [0.25, 0.3) is 0 Å². The number of benzene rings is 1. The molecule has 1 aromatic carbocycles. The molecule has 0 saturated carbocycles. The third-order valence-electron chi connectivity index (χ3n) is 2.45. The number of carbonyl (C=O) groups excluding carboxylic acids is 2. The second-order valence-electron chi connectivity index (χ2n) is 4.26. The van der Waals surface area contributed by atoms with Crippen molar-refractivity contribution in [1.29, 1.82) is 0 Å². The molecule has 0 fully saturated rings. The molecule has 0 unspecified atom stereocenters. The minimum atomic E-state index is -4.01. The Morgan fingerprint density at radius 2 is 1.36 bits per heavy atom. The first kappa shape index (κ1) is 20.6. The number of para-hydroxylation sites is 1. The molecule has 0 atom stereocenters. The van der Waals surface area contributed by atoms with Crippen molar-refractivity contribution in [3.63, 3.8) is 0 Å². The maximum atomic E-state index is 12.6. The first-order valence-corrected chi connectivity index (χ1v) is 8.67. The fourth-order valence-electron chi connectivity index (χ4n) is 1.40. The minimum absolute atomic E-state index is 0.165. The zero-order chi connectivity index (χ0) is 18.5. The van der Waals surface area contributed by atoms with Gasteiger partial charge in [0.05, 0.1) is 13.2 Å². The molecule has 0 radical (unpaired) electrons. The lowest BCUT2D eigenvalue weighted by Gasteiger charge is -2.18. The number of hydrogen-bond donors (Lipinski definition) is 0. The van der Waals surface area contributed by atoms with Crippen LogP contribution in [0.3, 0.4) is 0 Å². The molecule has 9 heteroatoms. The van der Waals surface area contributed by atoms with Crippen LogP contribution in [0.5, 0.6) is 5.75 Å². The monoisotopic (exact) mass is 370 g/mol. The number of carbonyl (C=O) groups is 2. The predicted octanol–water partition coefficient (Wildman–Crippen LogP) is 2.67. The van der Waals surface area contributed by atoms with Crippen LogP contribution in [0, 0.1) is 0 Å². The predicted molar refractivity (Wildman–Crippen MR) is 88.9 cm³/mol. The summed E-state index contributed by atoms with van der Waals surface area (Å²) in [5.74, 6) is -1.02. The van der Waals surface area contributed by atoms with Crippen molar-refractivity contribution in [1.82, 2.24) is 0 Å². The molecule has 8 nitrogen and oxygen atoms in total. The molecule has 0 spiro atoms. The van der Waals surface area contributed by atoms with Gasteiger partial charge in [-0.2, -0.15) is 0 Å². The highest BCUT2D eigenvalue weighted by Gasteiger charge is 2.29. The summed E-state index contributed by atoms with van der Waals surface area (Å²) in [6.45, 7) is 5.71. The van der Waals surface area contributed by atoms with E-state index >= 15 is 0 Å². The number of ether oxygens (including phenoxy) is 2. The Hall–Kier alpha value is -2.41. The van der Waals surface area contributed by atoms with Crippen LogP contribution in [0.1, 0.15) is 0 Å². The molecule has 0 N–H and O–H groups in total. The summed E-state index contributed by atoms with van der Waals surface area (Å²) in [5.41, 5.74) is 0. The van der Waals surface area contributed by atoms with E-state index in [2.05, 4.69) is 13.2 Å². The summed E-state index contributed by atoms with van der Waals surface area (Å²) in [5, 5.41) is 0. The summed E-state index contributed by atoms with van der Waals surface area (Å²) in [6, 6.07) is 8.24. The van der Waals surface area contributed by atoms with Crippen molar-refractivity contribution in [2.75, 3.05) is 26.4 Å². The van der Waals surface area contributed by atoms with Crippen molar-refractivity contribution in [2.24, 2.45) is 0 Å². The van der Waals surface area contributed by atoms with Crippen LogP contribution < -0.4 is 4.52 Å². The SMILES string of the molecule is C=CC(=O)OCCOP(=O)(OCCOC(=O)C=C)Oc1ccccc1. The van der Waals surface area contributed by atoms with Gasteiger partial charge in [-0.1, -0.05) is 31.4 Å². The fourth-order valence-corrected chi connectivity index (χ4v) is 2.56. The fraction of sp³-hybridized carbons (Fsp3) is 0.250. The van der Waals surface area contributed by atoms with Crippen LogP contribution in [-0.2, 0) is 32.7 Å². The molecule has 0 aromatic heterocycles. The molecule has 25 heavy (non-hydrogen) atoms. The smallest absolute Gasteiger partial charge is 0.460 e. The van der Waals surface area contributed by atoms with Gasteiger partial charge >= 0.3 is 19.8 Å². The molecule has 136 valence electrons. The molecular weight excluding hydrogens is 351 g/mol. The molecule has 0 saturated heterocycles. The maximum Gasteiger partial charge on any atom is 0.530 e. The summed E-state index contributed by atoms with van der Waals surface area (Å²) in [7, 11) is -4.01. The zero-order valence-electron chi connectivity index (χ0n) is 13.5. The Labute approximate surface area is 145 Å². The van der Waals surface area contributed by atoms with Crippen molar-refractivity contribution < 1.29 is 37.2 Å². The quantitative estimate of drug-likeness (QED) is 0.240. The largest absolute Gasteiger partial charge is 0.530 e. The van der Waals surface area contributed by atoms with Crippen LogP contribution in [-0.4, -0.2) is 38.4 Å². The molecule has 0 bridgehead atoms. The lowest BCUT2D eigenvalue weighted by Crippen LogP contribution is -2.13. The molecule has 0 aliphatic heterocycles. The molecule has 0 heterocycles. The third-order valence-corrected chi connectivity index (χ3v) is 3.88. The highest BCUT2D eigenvalue weighted by Crippen LogP contribution is 2.49. The molecule has 0 aliphatic rings. The molecule has 0 amide bonds. The standard InChI is InChI=1S/C16H19O8P/c1-3-15(17)20-10-12-22-25(19,23-13-11-21-16(18)4-2)24-14-8-6-5-7-9-14/h3-9H,1-2,10-13H2. The summed E-state index contributed by atoms with van der Waals surface area (Å²) in [6.07, 6.45) is 1.98. The van der Waals surface area contributed by atoms with Gasteiger partial charge < -0.3 is 14.0 Å². The zero-order valence-corrected chi connectivity index (χ0v) is 14.4. The van der Waals surface area contributed by atoms with E-state index in [1.54, 1.807) is 30.3 Å². The van der Waals surface area contributed by atoms with E-state index in [9.17, 15) is 14.2 Å². The third kappa shape index (κ3) is 8.85. The number of esters is 2. The van der Waals surface area contributed by atoms with E-state index in [0.29, 0.717) is 0 Å². The molecule has 1 rings (SSSR count). The van der Waals surface area contributed by atoms with Crippen molar-refractivity contribution in [2.45, 2.75) is 0 Å². The van der Waals surface area contributed by atoms with Crippen LogP contribution in [0.25, 0.3) is 0 Å². The van der Waals surface area contributed by atoms with Crippen LogP contribution in [0.4, 0.5) is 0 Å². The molecule has 0 aliphatic carbocycles. The van der Waals surface area contributed by atoms with Crippen LogP contribution in [0.15, 0.2) is 55.6 Å². The average Bonchev–Trinajstić information content (AvgIpc) is 2.63. The number of rotatable bonds is 12.